The molecule has 2 N–H and O–H groups in total. The fourth-order valence-electron chi connectivity index (χ4n) is 1.28. The van der Waals surface area contributed by atoms with Crippen LogP contribution in [0.2, 0.25) is 0 Å². The maximum Gasteiger partial charge on any atom is 0.389 e. The normalized spacial score (nSPS) is 14.1. The van der Waals surface area contributed by atoms with E-state index in [0.717, 1.165) is 12.0 Å². The van der Waals surface area contributed by atoms with Crippen molar-refractivity contribution in [3.8, 4) is 0 Å². The SMILES string of the molecule is NC(CCc1ccsc1)CCC(F)(F)F. The van der Waals surface area contributed by atoms with E-state index in [-0.39, 0.29) is 12.5 Å². The fraction of sp³-hybridized carbons (Fsp3) is 0.600. The summed E-state index contributed by atoms with van der Waals surface area (Å²) in [6.07, 6.45) is -3.46. The first-order valence-corrected chi connectivity index (χ1v) is 5.75. The van der Waals surface area contributed by atoms with Gasteiger partial charge in [-0.3, -0.25) is 0 Å². The quantitative estimate of drug-likeness (QED) is 0.835. The molecule has 0 aliphatic carbocycles. The highest BCUT2D eigenvalue weighted by Gasteiger charge is 2.27. The Morgan fingerprint density at radius 2 is 2.07 bits per heavy atom. The number of rotatable bonds is 5. The minimum Gasteiger partial charge on any atom is -0.328 e. The molecule has 0 saturated carbocycles. The van der Waals surface area contributed by atoms with E-state index < -0.39 is 12.6 Å². The van der Waals surface area contributed by atoms with Crippen molar-refractivity contribution in [3.05, 3.63) is 22.4 Å². The summed E-state index contributed by atoms with van der Waals surface area (Å²) in [5.41, 5.74) is 6.76. The molecular formula is C10H14F3NS. The smallest absolute Gasteiger partial charge is 0.328 e. The zero-order valence-electron chi connectivity index (χ0n) is 8.26. The number of aryl methyl sites for hydroxylation is 1. The lowest BCUT2D eigenvalue weighted by molar-refractivity contribution is -0.136. The molecule has 1 aromatic heterocycles. The molecule has 86 valence electrons. The van der Waals surface area contributed by atoms with Crippen LogP contribution in [-0.2, 0) is 6.42 Å². The highest BCUT2D eigenvalue weighted by molar-refractivity contribution is 7.07. The minimum absolute atomic E-state index is 0.0215. The zero-order valence-corrected chi connectivity index (χ0v) is 9.07. The van der Waals surface area contributed by atoms with Gasteiger partial charge in [0.25, 0.3) is 0 Å². The molecule has 0 radical (unpaired) electrons. The van der Waals surface area contributed by atoms with Gasteiger partial charge >= 0.3 is 6.18 Å². The minimum atomic E-state index is -4.08. The Morgan fingerprint density at radius 1 is 1.33 bits per heavy atom. The molecule has 1 aromatic rings. The Kier molecular flexibility index (Phi) is 4.60. The molecule has 1 unspecified atom stereocenters. The second-order valence-corrected chi connectivity index (χ2v) is 4.36. The number of thiophene rings is 1. The third kappa shape index (κ3) is 5.79. The van der Waals surface area contributed by atoms with E-state index in [1.807, 2.05) is 16.8 Å². The summed E-state index contributed by atoms with van der Waals surface area (Å²) < 4.78 is 35.6. The van der Waals surface area contributed by atoms with Crippen molar-refractivity contribution in [3.63, 3.8) is 0 Å². The van der Waals surface area contributed by atoms with Crippen LogP contribution in [0.4, 0.5) is 13.2 Å². The number of hydrogen-bond acceptors (Lipinski definition) is 2. The lowest BCUT2D eigenvalue weighted by Crippen LogP contribution is -2.23. The van der Waals surface area contributed by atoms with Gasteiger partial charge in [-0.2, -0.15) is 24.5 Å². The average molecular weight is 237 g/mol. The third-order valence-electron chi connectivity index (χ3n) is 2.18. The summed E-state index contributed by atoms with van der Waals surface area (Å²) in [6.45, 7) is 0. The van der Waals surface area contributed by atoms with E-state index in [4.69, 9.17) is 5.73 Å². The van der Waals surface area contributed by atoms with Crippen molar-refractivity contribution in [2.45, 2.75) is 37.9 Å². The van der Waals surface area contributed by atoms with Crippen LogP contribution in [0.25, 0.3) is 0 Å². The van der Waals surface area contributed by atoms with Crippen molar-refractivity contribution in [2.24, 2.45) is 5.73 Å². The van der Waals surface area contributed by atoms with Crippen LogP contribution in [0.15, 0.2) is 16.8 Å². The van der Waals surface area contributed by atoms with E-state index in [1.54, 1.807) is 11.3 Å². The number of hydrogen-bond donors (Lipinski definition) is 1. The summed E-state index contributed by atoms with van der Waals surface area (Å²) in [5.74, 6) is 0. The van der Waals surface area contributed by atoms with Crippen LogP contribution >= 0.6 is 11.3 Å². The van der Waals surface area contributed by atoms with Crippen LogP contribution < -0.4 is 5.73 Å². The second kappa shape index (κ2) is 5.51. The highest BCUT2D eigenvalue weighted by atomic mass is 32.1. The largest absolute Gasteiger partial charge is 0.389 e. The van der Waals surface area contributed by atoms with Gasteiger partial charge in [0, 0.05) is 12.5 Å². The van der Waals surface area contributed by atoms with Crippen molar-refractivity contribution in [1.82, 2.24) is 0 Å². The molecule has 0 aliphatic heterocycles. The lowest BCUT2D eigenvalue weighted by Gasteiger charge is -2.12. The summed E-state index contributed by atoms with van der Waals surface area (Å²) in [4.78, 5) is 0. The maximum atomic E-state index is 11.9. The highest BCUT2D eigenvalue weighted by Crippen LogP contribution is 2.22. The molecule has 5 heteroatoms. The summed E-state index contributed by atoms with van der Waals surface area (Å²) in [7, 11) is 0. The predicted octanol–water partition coefficient (Wildman–Crippen LogP) is 3.35. The average Bonchev–Trinajstić information content (AvgIpc) is 2.62. The Bertz CT molecular complexity index is 269. The third-order valence-corrected chi connectivity index (χ3v) is 2.91. The molecule has 1 heterocycles. The predicted molar refractivity (Wildman–Crippen MR) is 55.9 cm³/mol. The Morgan fingerprint density at radius 3 is 2.60 bits per heavy atom. The molecule has 15 heavy (non-hydrogen) atoms. The number of halogens is 3. The van der Waals surface area contributed by atoms with E-state index in [2.05, 4.69) is 0 Å². The Hall–Kier alpha value is -0.550. The molecule has 0 aromatic carbocycles. The molecule has 0 bridgehead atoms. The summed E-state index contributed by atoms with van der Waals surface area (Å²) in [5, 5.41) is 3.95. The molecule has 0 aliphatic rings. The van der Waals surface area contributed by atoms with Crippen molar-refractivity contribution in [1.29, 1.82) is 0 Å². The van der Waals surface area contributed by atoms with E-state index >= 15 is 0 Å². The van der Waals surface area contributed by atoms with Crippen LogP contribution in [0.3, 0.4) is 0 Å². The summed E-state index contributed by atoms with van der Waals surface area (Å²) >= 11 is 1.59. The van der Waals surface area contributed by atoms with Gasteiger partial charge in [0.15, 0.2) is 0 Å². The molecule has 1 rings (SSSR count). The van der Waals surface area contributed by atoms with Gasteiger partial charge in [0.2, 0.25) is 0 Å². The van der Waals surface area contributed by atoms with E-state index in [9.17, 15) is 13.2 Å². The standard InChI is InChI=1S/C10H14F3NS/c11-10(12,13)5-3-9(14)2-1-8-4-6-15-7-8/h4,6-7,9H,1-3,5,14H2. The van der Waals surface area contributed by atoms with Crippen molar-refractivity contribution in [2.75, 3.05) is 0 Å². The van der Waals surface area contributed by atoms with Crippen LogP contribution in [-0.4, -0.2) is 12.2 Å². The number of nitrogens with two attached hydrogens (primary N) is 1. The van der Waals surface area contributed by atoms with Gasteiger partial charge in [-0.05, 0) is 41.7 Å². The first kappa shape index (κ1) is 12.5. The lowest BCUT2D eigenvalue weighted by atomic mass is 10.0. The molecule has 1 atom stereocenters. The van der Waals surface area contributed by atoms with Gasteiger partial charge in [-0.1, -0.05) is 0 Å². The molecular weight excluding hydrogens is 223 g/mol. The Balaban J connectivity index is 2.16. The summed E-state index contributed by atoms with van der Waals surface area (Å²) in [6, 6.07) is 1.62. The van der Waals surface area contributed by atoms with Crippen molar-refractivity contribution >= 4 is 11.3 Å². The van der Waals surface area contributed by atoms with Crippen LogP contribution in [0.1, 0.15) is 24.8 Å². The second-order valence-electron chi connectivity index (χ2n) is 3.58. The van der Waals surface area contributed by atoms with Crippen molar-refractivity contribution < 1.29 is 13.2 Å². The van der Waals surface area contributed by atoms with Crippen LogP contribution in [0, 0.1) is 0 Å². The molecule has 0 fully saturated rings. The zero-order chi connectivity index (χ0) is 11.3. The maximum absolute atomic E-state index is 11.9. The van der Waals surface area contributed by atoms with E-state index in [1.165, 1.54) is 0 Å². The molecule has 1 nitrogen and oxygen atoms in total. The fourth-order valence-corrected chi connectivity index (χ4v) is 1.98. The van der Waals surface area contributed by atoms with Gasteiger partial charge in [-0.15, -0.1) is 0 Å². The number of alkyl halides is 3. The van der Waals surface area contributed by atoms with Gasteiger partial charge in [0.05, 0.1) is 0 Å². The van der Waals surface area contributed by atoms with Crippen LogP contribution in [0.5, 0.6) is 0 Å². The van der Waals surface area contributed by atoms with Gasteiger partial charge in [-0.25, -0.2) is 0 Å². The monoisotopic (exact) mass is 237 g/mol. The molecule has 0 amide bonds. The molecule has 0 spiro atoms. The topological polar surface area (TPSA) is 26.0 Å². The van der Waals surface area contributed by atoms with E-state index in [0.29, 0.717) is 6.42 Å². The van der Waals surface area contributed by atoms with Gasteiger partial charge < -0.3 is 5.73 Å². The first-order valence-electron chi connectivity index (χ1n) is 4.81. The molecule has 0 saturated heterocycles. The van der Waals surface area contributed by atoms with Gasteiger partial charge in [0.1, 0.15) is 0 Å². The first-order chi connectivity index (χ1) is 6.97. The Labute approximate surface area is 91.1 Å².